The second-order valence-corrected chi connectivity index (χ2v) is 6.61. The molecule has 0 saturated carbocycles. The molecule has 0 aliphatic rings. The zero-order valence-corrected chi connectivity index (χ0v) is 13.8. The Morgan fingerprint density at radius 2 is 2.00 bits per heavy atom. The Hall–Kier alpha value is -2.30. The molecule has 1 heterocycles. The number of nitrogens with one attached hydrogen (secondary N) is 1. The fourth-order valence-electron chi connectivity index (χ4n) is 2.30. The van der Waals surface area contributed by atoms with Gasteiger partial charge in [0, 0.05) is 30.7 Å². The summed E-state index contributed by atoms with van der Waals surface area (Å²) < 4.78 is 5.11. The van der Waals surface area contributed by atoms with Crippen molar-refractivity contribution in [2.45, 2.75) is 20.8 Å². The van der Waals surface area contributed by atoms with E-state index in [1.54, 1.807) is 25.1 Å². The lowest BCUT2D eigenvalue weighted by molar-refractivity contribution is 0.201. The molecule has 0 atom stereocenters. The molecular formula is C17H23N3O2. The van der Waals surface area contributed by atoms with E-state index in [2.05, 4.69) is 31.1 Å². The number of methoxy groups -OCH3 is 1. The molecule has 0 aliphatic carbocycles. The van der Waals surface area contributed by atoms with Crippen molar-refractivity contribution in [2.24, 2.45) is 5.41 Å². The van der Waals surface area contributed by atoms with Crippen molar-refractivity contribution < 1.29 is 9.53 Å². The van der Waals surface area contributed by atoms with Crippen molar-refractivity contribution in [2.75, 3.05) is 26.0 Å². The van der Waals surface area contributed by atoms with Crippen LogP contribution in [-0.2, 0) is 0 Å². The summed E-state index contributed by atoms with van der Waals surface area (Å²) in [6.45, 7) is 6.99. The molecule has 0 radical (unpaired) electrons. The molecule has 1 aromatic carbocycles. The second kappa shape index (κ2) is 6.22. The minimum Gasteiger partial charge on any atom is -0.481 e. The molecule has 5 nitrogen and oxygen atoms in total. The van der Waals surface area contributed by atoms with Gasteiger partial charge in [-0.15, -0.1) is 0 Å². The molecule has 1 aromatic heterocycles. The van der Waals surface area contributed by atoms with E-state index in [0.717, 1.165) is 16.6 Å². The Morgan fingerprint density at radius 1 is 1.27 bits per heavy atom. The smallest absolute Gasteiger partial charge is 0.321 e. The number of fused-ring (bicyclic) bond motifs is 1. The Balaban J connectivity index is 2.13. The molecule has 118 valence electrons. The molecule has 5 heteroatoms. The number of urea groups is 1. The summed E-state index contributed by atoms with van der Waals surface area (Å²) in [6, 6.07) is 9.24. The van der Waals surface area contributed by atoms with Gasteiger partial charge in [-0.05, 0) is 29.7 Å². The Bertz CT molecular complexity index is 677. The highest BCUT2D eigenvalue weighted by atomic mass is 16.5. The maximum absolute atomic E-state index is 12.2. The normalized spacial score (nSPS) is 11.3. The summed E-state index contributed by atoms with van der Waals surface area (Å²) in [5, 5.41) is 3.87. The van der Waals surface area contributed by atoms with Gasteiger partial charge < -0.3 is 15.0 Å². The summed E-state index contributed by atoms with van der Waals surface area (Å²) in [7, 11) is 3.39. The molecule has 22 heavy (non-hydrogen) atoms. The molecular weight excluding hydrogens is 278 g/mol. The predicted octanol–water partition coefficient (Wildman–Crippen LogP) is 3.75. The molecule has 0 bridgehead atoms. The van der Waals surface area contributed by atoms with Crippen LogP contribution in [0.2, 0.25) is 0 Å². The third kappa shape index (κ3) is 4.10. The lowest BCUT2D eigenvalue weighted by atomic mass is 9.96. The van der Waals surface area contributed by atoms with Crippen LogP contribution in [0.5, 0.6) is 5.88 Å². The van der Waals surface area contributed by atoms with Gasteiger partial charge in [0.25, 0.3) is 0 Å². The number of hydrogen-bond donors (Lipinski definition) is 1. The Morgan fingerprint density at radius 3 is 2.64 bits per heavy atom. The van der Waals surface area contributed by atoms with Crippen molar-refractivity contribution >= 4 is 22.6 Å². The van der Waals surface area contributed by atoms with Gasteiger partial charge in [0.05, 0.1) is 12.6 Å². The van der Waals surface area contributed by atoms with E-state index >= 15 is 0 Å². The van der Waals surface area contributed by atoms with Crippen molar-refractivity contribution in [3.63, 3.8) is 0 Å². The lowest BCUT2D eigenvalue weighted by Crippen LogP contribution is -2.37. The number of benzene rings is 1. The number of hydrogen-bond acceptors (Lipinski definition) is 3. The van der Waals surface area contributed by atoms with Crippen molar-refractivity contribution in [1.82, 2.24) is 9.88 Å². The van der Waals surface area contributed by atoms with Crippen LogP contribution >= 0.6 is 0 Å². The number of amides is 2. The zero-order valence-electron chi connectivity index (χ0n) is 13.8. The van der Waals surface area contributed by atoms with E-state index < -0.39 is 0 Å². The predicted molar refractivity (Wildman–Crippen MR) is 89.4 cm³/mol. The number of pyridine rings is 1. The van der Waals surface area contributed by atoms with Crippen LogP contribution in [0.4, 0.5) is 10.5 Å². The number of carbonyl (C=O) groups is 1. The second-order valence-electron chi connectivity index (χ2n) is 6.61. The molecule has 0 saturated heterocycles. The summed E-state index contributed by atoms with van der Waals surface area (Å²) >= 11 is 0. The average Bonchev–Trinajstić information content (AvgIpc) is 2.44. The van der Waals surface area contributed by atoms with Crippen LogP contribution in [0.15, 0.2) is 30.3 Å². The van der Waals surface area contributed by atoms with Crippen molar-refractivity contribution in [3.8, 4) is 5.88 Å². The molecule has 2 amide bonds. The average molecular weight is 301 g/mol. The van der Waals surface area contributed by atoms with Gasteiger partial charge >= 0.3 is 6.03 Å². The highest BCUT2D eigenvalue weighted by Crippen LogP contribution is 2.21. The minimum atomic E-state index is -0.115. The standard InChI is InChI=1S/C17H23N3O2/c1-17(2,3)11-20(4)16(21)18-13-7-8-14-12(10-13)6-9-15(19-14)22-5/h6-10H,11H2,1-5H3,(H,18,21). The van der Waals surface area contributed by atoms with Crippen molar-refractivity contribution in [1.29, 1.82) is 0 Å². The van der Waals surface area contributed by atoms with E-state index in [1.807, 2.05) is 24.3 Å². The van der Waals surface area contributed by atoms with Gasteiger partial charge in [0.1, 0.15) is 0 Å². The van der Waals surface area contributed by atoms with Crippen LogP contribution in [0.3, 0.4) is 0 Å². The Labute approximate surface area is 131 Å². The summed E-state index contributed by atoms with van der Waals surface area (Å²) in [5.74, 6) is 0.578. The monoisotopic (exact) mass is 301 g/mol. The first-order valence-corrected chi connectivity index (χ1v) is 7.25. The largest absolute Gasteiger partial charge is 0.481 e. The van der Waals surface area contributed by atoms with E-state index in [4.69, 9.17) is 4.74 Å². The van der Waals surface area contributed by atoms with Gasteiger partial charge in [-0.3, -0.25) is 0 Å². The third-order valence-electron chi connectivity index (χ3n) is 3.18. The SMILES string of the molecule is COc1ccc2cc(NC(=O)N(C)CC(C)(C)C)ccc2n1. The highest BCUT2D eigenvalue weighted by Gasteiger charge is 2.17. The molecule has 2 aromatic rings. The van der Waals surface area contributed by atoms with Crippen LogP contribution in [0.25, 0.3) is 10.9 Å². The summed E-state index contributed by atoms with van der Waals surface area (Å²) in [5.41, 5.74) is 1.65. The first-order valence-electron chi connectivity index (χ1n) is 7.25. The lowest BCUT2D eigenvalue weighted by Gasteiger charge is -2.26. The molecule has 1 N–H and O–H groups in total. The first-order chi connectivity index (χ1) is 10.3. The maximum Gasteiger partial charge on any atom is 0.321 e. The number of anilines is 1. The number of aromatic nitrogens is 1. The van der Waals surface area contributed by atoms with Crippen LogP contribution in [0, 0.1) is 5.41 Å². The van der Waals surface area contributed by atoms with Gasteiger partial charge in [-0.25, -0.2) is 9.78 Å². The summed E-state index contributed by atoms with van der Waals surface area (Å²) in [4.78, 5) is 18.2. The fourth-order valence-corrected chi connectivity index (χ4v) is 2.30. The number of nitrogens with zero attached hydrogens (tertiary/aromatic N) is 2. The topological polar surface area (TPSA) is 54.5 Å². The van der Waals surface area contributed by atoms with Gasteiger partial charge in [-0.1, -0.05) is 20.8 Å². The molecule has 0 fully saturated rings. The van der Waals surface area contributed by atoms with E-state index in [9.17, 15) is 4.79 Å². The van der Waals surface area contributed by atoms with E-state index in [0.29, 0.717) is 12.4 Å². The fraction of sp³-hybridized carbons (Fsp3) is 0.412. The van der Waals surface area contributed by atoms with Crippen LogP contribution in [-0.4, -0.2) is 36.6 Å². The molecule has 0 unspecified atom stereocenters. The Kier molecular flexibility index (Phi) is 4.54. The maximum atomic E-state index is 12.2. The highest BCUT2D eigenvalue weighted by molar-refractivity contribution is 5.92. The van der Waals surface area contributed by atoms with Crippen LogP contribution < -0.4 is 10.1 Å². The van der Waals surface area contributed by atoms with E-state index in [1.165, 1.54) is 0 Å². The summed E-state index contributed by atoms with van der Waals surface area (Å²) in [6.07, 6.45) is 0. The quantitative estimate of drug-likeness (QED) is 0.939. The van der Waals surface area contributed by atoms with Gasteiger partial charge in [-0.2, -0.15) is 0 Å². The minimum absolute atomic E-state index is 0.0654. The van der Waals surface area contributed by atoms with E-state index in [-0.39, 0.29) is 11.4 Å². The van der Waals surface area contributed by atoms with Gasteiger partial charge in [0.2, 0.25) is 5.88 Å². The van der Waals surface area contributed by atoms with Gasteiger partial charge in [0.15, 0.2) is 0 Å². The number of rotatable bonds is 3. The third-order valence-corrected chi connectivity index (χ3v) is 3.18. The van der Waals surface area contributed by atoms with Crippen molar-refractivity contribution in [3.05, 3.63) is 30.3 Å². The molecule has 2 rings (SSSR count). The number of carbonyl (C=O) groups excluding carboxylic acids is 1. The van der Waals surface area contributed by atoms with Crippen LogP contribution in [0.1, 0.15) is 20.8 Å². The zero-order chi connectivity index (χ0) is 16.3. The molecule has 0 aliphatic heterocycles. The first kappa shape index (κ1) is 16.1. The molecule has 0 spiro atoms. The number of ether oxygens (including phenoxy) is 1.